The Balaban J connectivity index is 1.63. The van der Waals surface area contributed by atoms with E-state index in [2.05, 4.69) is 22.8 Å². The summed E-state index contributed by atoms with van der Waals surface area (Å²) in [6, 6.07) is 6.85. The average Bonchev–Trinajstić information content (AvgIpc) is 3.32. The number of ether oxygens (including phenoxy) is 1. The summed E-state index contributed by atoms with van der Waals surface area (Å²) in [6.45, 7) is 2.88. The van der Waals surface area contributed by atoms with Gasteiger partial charge in [0.15, 0.2) is 5.65 Å². The van der Waals surface area contributed by atoms with E-state index in [9.17, 15) is 4.39 Å². The van der Waals surface area contributed by atoms with Crippen LogP contribution in [0.15, 0.2) is 36.7 Å². The summed E-state index contributed by atoms with van der Waals surface area (Å²) in [6.07, 6.45) is 6.60. The molecule has 146 valence electrons. The van der Waals surface area contributed by atoms with E-state index in [1.54, 1.807) is 16.6 Å². The van der Waals surface area contributed by atoms with Gasteiger partial charge in [0.2, 0.25) is 0 Å². The zero-order valence-electron chi connectivity index (χ0n) is 15.5. The van der Waals surface area contributed by atoms with E-state index < -0.39 is 0 Å². The molecule has 1 aromatic carbocycles. The summed E-state index contributed by atoms with van der Waals surface area (Å²) in [5.74, 6) is 1.40. The van der Waals surface area contributed by atoms with Crippen LogP contribution in [0.25, 0.3) is 5.65 Å². The first-order valence-electron chi connectivity index (χ1n) is 9.65. The van der Waals surface area contributed by atoms with Gasteiger partial charge in [-0.15, -0.1) is 0 Å². The smallest absolute Gasteiger partial charge is 0.161 e. The first-order valence-corrected chi connectivity index (χ1v) is 10.0. The minimum absolute atomic E-state index is 0.0522. The van der Waals surface area contributed by atoms with Crippen molar-refractivity contribution < 1.29 is 9.13 Å². The first kappa shape index (κ1) is 17.8. The molecule has 0 N–H and O–H groups in total. The second-order valence-corrected chi connectivity index (χ2v) is 7.91. The molecule has 2 aliphatic rings. The Morgan fingerprint density at radius 2 is 2.11 bits per heavy atom. The molecule has 1 saturated heterocycles. The number of thiol groups is 1. The van der Waals surface area contributed by atoms with Crippen molar-refractivity contribution in [1.29, 1.82) is 0 Å². The predicted octanol–water partition coefficient (Wildman–Crippen LogP) is 3.64. The second-order valence-electron chi connectivity index (χ2n) is 7.35. The van der Waals surface area contributed by atoms with Crippen LogP contribution in [0.2, 0.25) is 0 Å². The summed E-state index contributed by atoms with van der Waals surface area (Å²) in [5.41, 5.74) is 2.78. The van der Waals surface area contributed by atoms with E-state index in [0.717, 1.165) is 60.7 Å². The Labute approximate surface area is 168 Å². The van der Waals surface area contributed by atoms with Gasteiger partial charge in [0.1, 0.15) is 17.4 Å². The van der Waals surface area contributed by atoms with E-state index in [-0.39, 0.29) is 11.9 Å². The zero-order chi connectivity index (χ0) is 19.1. The van der Waals surface area contributed by atoms with Gasteiger partial charge < -0.3 is 9.64 Å². The van der Waals surface area contributed by atoms with E-state index in [1.807, 2.05) is 22.8 Å². The molecule has 4 heterocycles. The molecule has 3 aromatic rings. The molecule has 0 spiro atoms. The van der Waals surface area contributed by atoms with Crippen molar-refractivity contribution in [3.05, 3.63) is 53.6 Å². The molecular weight excluding hydrogens is 377 g/mol. The molecule has 2 aromatic heterocycles. The number of fused-ring (bicyclic) bond motifs is 5. The molecule has 6 nitrogen and oxygen atoms in total. The molecule has 0 saturated carbocycles. The molecule has 5 rings (SSSR count). The Bertz CT molecular complexity index is 1010. The third kappa shape index (κ3) is 3.20. The molecule has 1 unspecified atom stereocenters. The minimum atomic E-state index is -0.238. The predicted molar refractivity (Wildman–Crippen MR) is 108 cm³/mol. The highest BCUT2D eigenvalue weighted by atomic mass is 32.1. The third-order valence-electron chi connectivity index (χ3n) is 5.48. The number of rotatable bonds is 0. The fourth-order valence-electron chi connectivity index (χ4n) is 4.16. The largest absolute Gasteiger partial charge is 0.493 e. The van der Waals surface area contributed by atoms with Gasteiger partial charge in [0.25, 0.3) is 0 Å². The van der Waals surface area contributed by atoms with E-state index in [4.69, 9.17) is 9.72 Å². The third-order valence-corrected chi connectivity index (χ3v) is 5.82. The molecule has 0 radical (unpaired) electrons. The Kier molecular flexibility index (Phi) is 4.60. The summed E-state index contributed by atoms with van der Waals surface area (Å²) in [7, 11) is 0. The number of anilines is 1. The highest BCUT2D eigenvalue weighted by Gasteiger charge is 2.30. The molecule has 1 fully saturated rings. The van der Waals surface area contributed by atoms with Crippen molar-refractivity contribution in [3.63, 3.8) is 0 Å². The Morgan fingerprint density at radius 1 is 1.18 bits per heavy atom. The Morgan fingerprint density at radius 3 is 3.04 bits per heavy atom. The van der Waals surface area contributed by atoms with Gasteiger partial charge in [-0.25, -0.2) is 18.2 Å². The standard InChI is InChI=1S/C20H22FN5OS/c21-15-4-5-18-16(11-15)17-3-1-8-25(17)19-6-9-26-20(23-19)14(12-22-26)13-24(28)7-2-10-27-18/h4-6,9,11-12,17,28H,1-3,7-8,10,13H2. The van der Waals surface area contributed by atoms with Crippen molar-refractivity contribution in [3.8, 4) is 5.75 Å². The topological polar surface area (TPSA) is 45.9 Å². The van der Waals surface area contributed by atoms with Crippen molar-refractivity contribution in [2.45, 2.75) is 31.8 Å². The average molecular weight is 399 g/mol. The van der Waals surface area contributed by atoms with Gasteiger partial charge in [-0.1, -0.05) is 12.8 Å². The summed E-state index contributed by atoms with van der Waals surface area (Å²) in [5, 5.41) is 4.42. The zero-order valence-corrected chi connectivity index (χ0v) is 16.4. The molecule has 2 bridgehead atoms. The lowest BCUT2D eigenvalue weighted by atomic mass is 10.0. The molecule has 0 aliphatic carbocycles. The van der Waals surface area contributed by atoms with Crippen molar-refractivity contribution in [1.82, 2.24) is 18.9 Å². The maximum absolute atomic E-state index is 14.1. The SMILES string of the molecule is Fc1ccc2c(c1)C1CCCN1c1ccn3ncc(c3n1)CN(S)CCCO2. The van der Waals surface area contributed by atoms with Crippen molar-refractivity contribution >= 4 is 24.3 Å². The van der Waals surface area contributed by atoms with Crippen LogP contribution in [0.1, 0.15) is 36.4 Å². The lowest BCUT2D eigenvalue weighted by Crippen LogP contribution is -2.25. The van der Waals surface area contributed by atoms with Crippen LogP contribution in [0, 0.1) is 5.82 Å². The van der Waals surface area contributed by atoms with Crippen LogP contribution >= 0.6 is 12.8 Å². The lowest BCUT2D eigenvalue weighted by molar-refractivity contribution is 0.288. The van der Waals surface area contributed by atoms with Gasteiger partial charge in [-0.05, 0) is 43.5 Å². The number of nitrogens with zero attached hydrogens (tertiary/aromatic N) is 5. The van der Waals surface area contributed by atoms with Gasteiger partial charge in [-0.3, -0.25) is 0 Å². The summed E-state index contributed by atoms with van der Waals surface area (Å²) in [4.78, 5) is 7.16. The highest BCUT2D eigenvalue weighted by Crippen LogP contribution is 2.40. The molecule has 28 heavy (non-hydrogen) atoms. The number of halogens is 1. The van der Waals surface area contributed by atoms with Crippen LogP contribution < -0.4 is 9.64 Å². The van der Waals surface area contributed by atoms with Gasteiger partial charge in [-0.2, -0.15) is 5.10 Å². The number of hydrogen-bond acceptors (Lipinski definition) is 6. The van der Waals surface area contributed by atoms with Crippen LogP contribution in [-0.2, 0) is 6.54 Å². The highest BCUT2D eigenvalue weighted by molar-refractivity contribution is 7.77. The molecular formula is C20H22FN5OS. The van der Waals surface area contributed by atoms with E-state index >= 15 is 0 Å². The molecule has 2 aliphatic heterocycles. The van der Waals surface area contributed by atoms with Crippen LogP contribution in [0.5, 0.6) is 5.75 Å². The maximum Gasteiger partial charge on any atom is 0.161 e. The number of benzene rings is 1. The normalized spacial score (nSPS) is 20.6. The van der Waals surface area contributed by atoms with E-state index in [1.165, 1.54) is 6.07 Å². The van der Waals surface area contributed by atoms with E-state index in [0.29, 0.717) is 13.2 Å². The van der Waals surface area contributed by atoms with Gasteiger partial charge in [0.05, 0.1) is 18.8 Å². The molecule has 8 heteroatoms. The lowest BCUT2D eigenvalue weighted by Gasteiger charge is -2.28. The van der Waals surface area contributed by atoms with Gasteiger partial charge in [0, 0.05) is 37.0 Å². The molecule has 0 amide bonds. The summed E-state index contributed by atoms with van der Waals surface area (Å²) < 4.78 is 23.9. The Hall–Kier alpha value is -2.32. The summed E-state index contributed by atoms with van der Waals surface area (Å²) >= 11 is 4.59. The van der Waals surface area contributed by atoms with Crippen molar-refractivity contribution in [2.75, 3.05) is 24.6 Å². The fraction of sp³-hybridized carbons (Fsp3) is 0.400. The van der Waals surface area contributed by atoms with Crippen molar-refractivity contribution in [2.24, 2.45) is 0 Å². The number of aromatic nitrogens is 3. The number of hydrogen-bond donors (Lipinski definition) is 1. The van der Waals surface area contributed by atoms with Gasteiger partial charge >= 0.3 is 0 Å². The monoisotopic (exact) mass is 399 g/mol. The van der Waals surface area contributed by atoms with Crippen LogP contribution in [0.3, 0.4) is 0 Å². The fourth-order valence-corrected chi connectivity index (χ4v) is 4.45. The van der Waals surface area contributed by atoms with Crippen LogP contribution in [-0.4, -0.2) is 38.6 Å². The quantitative estimate of drug-likeness (QED) is 0.585. The molecule has 1 atom stereocenters. The van der Waals surface area contributed by atoms with Crippen LogP contribution in [0.4, 0.5) is 10.2 Å². The second kappa shape index (κ2) is 7.25. The maximum atomic E-state index is 14.1. The minimum Gasteiger partial charge on any atom is -0.493 e. The first-order chi connectivity index (χ1) is 13.7.